The average Bonchev–Trinajstić information content (AvgIpc) is 3.27. The van der Waals surface area contributed by atoms with Crippen molar-refractivity contribution in [1.29, 1.82) is 0 Å². The number of nitrogens with one attached hydrogen (secondary N) is 1. The van der Waals surface area contributed by atoms with Gasteiger partial charge in [0.1, 0.15) is 11.5 Å². The van der Waals surface area contributed by atoms with Crippen LogP contribution >= 0.6 is 23.2 Å². The van der Waals surface area contributed by atoms with Gasteiger partial charge in [0, 0.05) is 18.7 Å². The van der Waals surface area contributed by atoms with Crippen molar-refractivity contribution in [3.8, 4) is 11.5 Å². The third kappa shape index (κ3) is 3.91. The Balaban J connectivity index is 1.70. The second-order valence-electron chi connectivity index (χ2n) is 5.43. The van der Waals surface area contributed by atoms with Crippen LogP contribution in [-0.2, 0) is 6.54 Å². The summed E-state index contributed by atoms with van der Waals surface area (Å²) in [5.41, 5.74) is 2.39. The molecule has 0 radical (unpaired) electrons. The van der Waals surface area contributed by atoms with Crippen LogP contribution in [0.1, 0.15) is 24.0 Å². The summed E-state index contributed by atoms with van der Waals surface area (Å²) in [4.78, 5) is 0. The Hall–Kier alpha value is -1.22. The second kappa shape index (κ2) is 6.27. The molecule has 0 aromatic heterocycles. The van der Waals surface area contributed by atoms with Crippen molar-refractivity contribution in [3.05, 3.63) is 57.6 Å². The normalized spacial score (nSPS) is 14.2. The first-order valence-electron chi connectivity index (χ1n) is 7.07. The number of halogens is 2. The van der Waals surface area contributed by atoms with Crippen molar-refractivity contribution < 1.29 is 4.74 Å². The zero-order valence-electron chi connectivity index (χ0n) is 11.8. The van der Waals surface area contributed by atoms with Gasteiger partial charge in [-0.05, 0) is 49.1 Å². The highest BCUT2D eigenvalue weighted by atomic mass is 35.5. The minimum atomic E-state index is 0.497. The zero-order valence-corrected chi connectivity index (χ0v) is 13.3. The molecule has 0 bridgehead atoms. The first kappa shape index (κ1) is 14.7. The number of ether oxygens (including phenoxy) is 1. The van der Waals surface area contributed by atoms with Crippen LogP contribution in [0.2, 0.25) is 10.0 Å². The van der Waals surface area contributed by atoms with Gasteiger partial charge in [0.2, 0.25) is 0 Å². The first-order chi connectivity index (χ1) is 10.1. The first-order valence-corrected chi connectivity index (χ1v) is 7.83. The molecular weight excluding hydrogens is 305 g/mol. The molecule has 1 fully saturated rings. The summed E-state index contributed by atoms with van der Waals surface area (Å²) in [7, 11) is 0. The summed E-state index contributed by atoms with van der Waals surface area (Å²) >= 11 is 11.9. The number of aryl methyl sites for hydroxylation is 1. The van der Waals surface area contributed by atoms with Crippen molar-refractivity contribution in [3.63, 3.8) is 0 Å². The minimum absolute atomic E-state index is 0.497. The Morgan fingerprint density at radius 3 is 2.57 bits per heavy atom. The lowest BCUT2D eigenvalue weighted by Gasteiger charge is -2.11. The van der Waals surface area contributed by atoms with Gasteiger partial charge in [-0.15, -0.1) is 0 Å². The highest BCUT2D eigenvalue weighted by molar-refractivity contribution is 6.42. The molecule has 2 aromatic carbocycles. The number of rotatable bonds is 5. The summed E-state index contributed by atoms with van der Waals surface area (Å²) in [6.07, 6.45) is 2.61. The van der Waals surface area contributed by atoms with Crippen molar-refractivity contribution in [2.45, 2.75) is 32.4 Å². The number of hydrogen-bond acceptors (Lipinski definition) is 2. The van der Waals surface area contributed by atoms with Gasteiger partial charge in [0.25, 0.3) is 0 Å². The maximum atomic E-state index is 6.00. The molecule has 0 heterocycles. The highest BCUT2D eigenvalue weighted by Crippen LogP contribution is 2.31. The summed E-state index contributed by atoms with van der Waals surface area (Å²) in [6.45, 7) is 2.96. The topological polar surface area (TPSA) is 21.3 Å². The van der Waals surface area contributed by atoms with Crippen LogP contribution in [0.3, 0.4) is 0 Å². The van der Waals surface area contributed by atoms with Gasteiger partial charge in [0.05, 0.1) is 10.0 Å². The monoisotopic (exact) mass is 321 g/mol. The molecule has 0 amide bonds. The van der Waals surface area contributed by atoms with E-state index in [9.17, 15) is 0 Å². The van der Waals surface area contributed by atoms with Gasteiger partial charge in [0.15, 0.2) is 0 Å². The summed E-state index contributed by atoms with van der Waals surface area (Å²) in [5.74, 6) is 1.53. The molecule has 0 unspecified atom stereocenters. The van der Waals surface area contributed by atoms with Gasteiger partial charge in [-0.1, -0.05) is 35.3 Å². The largest absolute Gasteiger partial charge is 0.457 e. The number of hydrogen-bond donors (Lipinski definition) is 1. The highest BCUT2D eigenvalue weighted by Gasteiger charge is 2.19. The Morgan fingerprint density at radius 2 is 1.90 bits per heavy atom. The Labute approximate surface area is 135 Å². The van der Waals surface area contributed by atoms with Crippen LogP contribution in [0.4, 0.5) is 0 Å². The summed E-state index contributed by atoms with van der Waals surface area (Å²) in [5, 5.41) is 4.54. The van der Waals surface area contributed by atoms with Crippen molar-refractivity contribution >= 4 is 23.2 Å². The van der Waals surface area contributed by atoms with E-state index in [0.717, 1.165) is 23.9 Å². The lowest BCUT2D eigenvalue weighted by Crippen LogP contribution is -2.15. The van der Waals surface area contributed by atoms with Crippen molar-refractivity contribution in [2.24, 2.45) is 0 Å². The molecular formula is C17H17Cl2NO. The molecule has 0 spiro atoms. The minimum Gasteiger partial charge on any atom is -0.457 e. The molecule has 3 rings (SSSR count). The van der Waals surface area contributed by atoms with E-state index in [4.69, 9.17) is 27.9 Å². The molecule has 0 saturated heterocycles. The third-order valence-corrected chi connectivity index (χ3v) is 4.27. The molecule has 1 saturated carbocycles. The van der Waals surface area contributed by atoms with Gasteiger partial charge in [-0.3, -0.25) is 0 Å². The summed E-state index contributed by atoms with van der Waals surface area (Å²) < 4.78 is 5.87. The Kier molecular flexibility index (Phi) is 4.39. The fourth-order valence-electron chi connectivity index (χ4n) is 2.15. The van der Waals surface area contributed by atoms with Gasteiger partial charge < -0.3 is 10.1 Å². The van der Waals surface area contributed by atoms with Crippen LogP contribution < -0.4 is 10.1 Å². The van der Waals surface area contributed by atoms with Crippen LogP contribution in [0.25, 0.3) is 0 Å². The molecule has 21 heavy (non-hydrogen) atoms. The molecule has 1 N–H and O–H groups in total. The SMILES string of the molecule is Cc1cc(CNC2CC2)ccc1Oc1ccc(Cl)c(Cl)c1. The maximum absolute atomic E-state index is 6.00. The number of benzene rings is 2. The predicted molar refractivity (Wildman–Crippen MR) is 87.6 cm³/mol. The smallest absolute Gasteiger partial charge is 0.130 e. The maximum Gasteiger partial charge on any atom is 0.130 e. The standard InChI is InChI=1S/C17H17Cl2NO/c1-11-8-12(10-20-13-3-4-13)2-7-17(11)21-14-5-6-15(18)16(19)9-14/h2,5-9,13,20H,3-4,10H2,1H3. The zero-order chi connectivity index (χ0) is 14.8. The van der Waals surface area contributed by atoms with E-state index in [1.807, 2.05) is 19.1 Å². The van der Waals surface area contributed by atoms with E-state index in [0.29, 0.717) is 15.8 Å². The lowest BCUT2D eigenvalue weighted by atomic mass is 10.1. The second-order valence-corrected chi connectivity index (χ2v) is 6.25. The van der Waals surface area contributed by atoms with Gasteiger partial charge in [-0.2, -0.15) is 0 Å². The molecule has 0 aliphatic heterocycles. The fourth-order valence-corrected chi connectivity index (χ4v) is 2.44. The van der Waals surface area contributed by atoms with Crippen LogP contribution in [0, 0.1) is 6.92 Å². The summed E-state index contributed by atoms with van der Waals surface area (Å²) in [6, 6.07) is 12.3. The molecule has 0 atom stereocenters. The van der Waals surface area contributed by atoms with E-state index < -0.39 is 0 Å². The van der Waals surface area contributed by atoms with E-state index >= 15 is 0 Å². The van der Waals surface area contributed by atoms with E-state index in [-0.39, 0.29) is 0 Å². The van der Waals surface area contributed by atoms with Gasteiger partial charge >= 0.3 is 0 Å². The fraction of sp³-hybridized carbons (Fsp3) is 0.294. The lowest BCUT2D eigenvalue weighted by molar-refractivity contribution is 0.478. The van der Waals surface area contributed by atoms with Crippen LogP contribution in [0.15, 0.2) is 36.4 Å². The van der Waals surface area contributed by atoms with E-state index in [2.05, 4.69) is 17.4 Å². The third-order valence-electron chi connectivity index (χ3n) is 3.53. The Morgan fingerprint density at radius 1 is 1.10 bits per heavy atom. The van der Waals surface area contributed by atoms with Crippen molar-refractivity contribution in [2.75, 3.05) is 0 Å². The Bertz CT molecular complexity index is 653. The van der Waals surface area contributed by atoms with E-state index in [1.165, 1.54) is 18.4 Å². The van der Waals surface area contributed by atoms with Crippen molar-refractivity contribution in [1.82, 2.24) is 5.32 Å². The average molecular weight is 322 g/mol. The molecule has 4 heteroatoms. The molecule has 1 aliphatic rings. The van der Waals surface area contributed by atoms with Crippen LogP contribution in [-0.4, -0.2) is 6.04 Å². The molecule has 110 valence electrons. The molecule has 1 aliphatic carbocycles. The van der Waals surface area contributed by atoms with Gasteiger partial charge in [-0.25, -0.2) is 0 Å². The predicted octanol–water partition coefficient (Wildman–Crippen LogP) is 5.35. The molecule has 2 aromatic rings. The molecule has 2 nitrogen and oxygen atoms in total. The quantitative estimate of drug-likeness (QED) is 0.801. The van der Waals surface area contributed by atoms with Crippen LogP contribution in [0.5, 0.6) is 11.5 Å². The van der Waals surface area contributed by atoms with E-state index in [1.54, 1.807) is 12.1 Å².